The number of hydrogen-bond acceptors (Lipinski definition) is 5. The van der Waals surface area contributed by atoms with Gasteiger partial charge < -0.3 is 15.0 Å². The van der Waals surface area contributed by atoms with E-state index in [4.69, 9.17) is 4.74 Å². The van der Waals surface area contributed by atoms with Crippen LogP contribution in [0.3, 0.4) is 0 Å². The maximum absolute atomic E-state index is 12.9. The Kier molecular flexibility index (Phi) is 6.88. The molecule has 0 fully saturated rings. The SMILES string of the molecule is C[C@H](OC(=O)/C(C#N)=C/c1ccc(N(C)C)cc1)C(=O)Nc1ccc(F)cc1. The van der Waals surface area contributed by atoms with Gasteiger partial charge in [-0.3, -0.25) is 4.79 Å². The summed E-state index contributed by atoms with van der Waals surface area (Å²) in [5, 5.41) is 11.8. The summed E-state index contributed by atoms with van der Waals surface area (Å²) < 4.78 is 18.0. The second-order valence-electron chi connectivity index (χ2n) is 6.20. The van der Waals surface area contributed by atoms with Gasteiger partial charge in [-0.1, -0.05) is 12.1 Å². The van der Waals surface area contributed by atoms with Crippen molar-refractivity contribution in [2.45, 2.75) is 13.0 Å². The molecule has 0 aliphatic carbocycles. The third-order valence-corrected chi connectivity index (χ3v) is 3.83. The summed E-state index contributed by atoms with van der Waals surface area (Å²) >= 11 is 0. The predicted molar refractivity (Wildman–Crippen MR) is 105 cm³/mol. The van der Waals surface area contributed by atoms with E-state index in [0.717, 1.165) is 5.69 Å². The van der Waals surface area contributed by atoms with Crippen LogP contribution in [-0.2, 0) is 14.3 Å². The Morgan fingerprint density at radius 1 is 1.14 bits per heavy atom. The molecule has 1 amide bonds. The fraction of sp³-hybridized carbons (Fsp3) is 0.190. The predicted octanol–water partition coefficient (Wildman–Crippen LogP) is 3.37. The minimum atomic E-state index is -1.13. The normalized spacial score (nSPS) is 11.9. The number of esters is 1. The summed E-state index contributed by atoms with van der Waals surface area (Å²) in [7, 11) is 3.81. The van der Waals surface area contributed by atoms with Gasteiger partial charge in [0.1, 0.15) is 17.5 Å². The zero-order valence-electron chi connectivity index (χ0n) is 15.8. The first kappa shape index (κ1) is 20.6. The summed E-state index contributed by atoms with van der Waals surface area (Å²) in [6.45, 7) is 1.39. The number of anilines is 2. The average molecular weight is 381 g/mol. The molecular formula is C21H20FN3O3. The molecule has 0 radical (unpaired) electrons. The molecule has 1 atom stereocenters. The fourth-order valence-electron chi connectivity index (χ4n) is 2.23. The van der Waals surface area contributed by atoms with Gasteiger partial charge >= 0.3 is 5.97 Å². The first-order chi connectivity index (χ1) is 13.3. The van der Waals surface area contributed by atoms with Crippen molar-refractivity contribution in [1.29, 1.82) is 5.26 Å². The number of amides is 1. The topological polar surface area (TPSA) is 82.4 Å². The number of nitriles is 1. The molecule has 0 heterocycles. The molecule has 0 saturated carbocycles. The highest BCUT2D eigenvalue weighted by molar-refractivity contribution is 6.01. The molecule has 0 bridgehead atoms. The monoisotopic (exact) mass is 381 g/mol. The van der Waals surface area contributed by atoms with Crippen molar-refractivity contribution in [2.24, 2.45) is 0 Å². The largest absolute Gasteiger partial charge is 0.448 e. The van der Waals surface area contributed by atoms with E-state index >= 15 is 0 Å². The van der Waals surface area contributed by atoms with Crippen molar-refractivity contribution in [3.63, 3.8) is 0 Å². The van der Waals surface area contributed by atoms with Gasteiger partial charge in [0, 0.05) is 25.5 Å². The third-order valence-electron chi connectivity index (χ3n) is 3.83. The van der Waals surface area contributed by atoms with Crippen molar-refractivity contribution in [1.82, 2.24) is 0 Å². The van der Waals surface area contributed by atoms with Crippen LogP contribution in [0.5, 0.6) is 0 Å². The van der Waals surface area contributed by atoms with E-state index in [1.54, 1.807) is 18.2 Å². The van der Waals surface area contributed by atoms with Crippen LogP contribution in [0.15, 0.2) is 54.1 Å². The molecule has 7 heteroatoms. The van der Waals surface area contributed by atoms with Crippen LogP contribution in [0, 0.1) is 17.1 Å². The Bertz CT molecular complexity index is 913. The van der Waals surface area contributed by atoms with E-state index in [9.17, 15) is 19.2 Å². The van der Waals surface area contributed by atoms with E-state index in [-0.39, 0.29) is 5.57 Å². The van der Waals surface area contributed by atoms with Crippen LogP contribution in [0.4, 0.5) is 15.8 Å². The van der Waals surface area contributed by atoms with Crippen LogP contribution in [0.2, 0.25) is 0 Å². The van der Waals surface area contributed by atoms with Gasteiger partial charge in [0.05, 0.1) is 0 Å². The lowest BCUT2D eigenvalue weighted by Gasteiger charge is -2.13. The zero-order valence-corrected chi connectivity index (χ0v) is 15.8. The Morgan fingerprint density at radius 3 is 2.29 bits per heavy atom. The number of nitrogens with one attached hydrogen (secondary N) is 1. The maximum atomic E-state index is 12.9. The highest BCUT2D eigenvalue weighted by atomic mass is 19.1. The Labute approximate surface area is 162 Å². The Balaban J connectivity index is 2.02. The first-order valence-electron chi connectivity index (χ1n) is 8.46. The van der Waals surface area contributed by atoms with Gasteiger partial charge in [0.2, 0.25) is 0 Å². The Hall–Kier alpha value is -3.66. The quantitative estimate of drug-likeness (QED) is 0.471. The van der Waals surface area contributed by atoms with Crippen LogP contribution in [-0.4, -0.2) is 32.1 Å². The number of hydrogen-bond donors (Lipinski definition) is 1. The lowest BCUT2D eigenvalue weighted by molar-refractivity contribution is -0.148. The molecule has 0 aliphatic heterocycles. The third kappa shape index (κ3) is 5.68. The molecule has 0 aliphatic rings. The zero-order chi connectivity index (χ0) is 20.7. The number of carbonyl (C=O) groups excluding carboxylic acids is 2. The molecule has 0 saturated heterocycles. The maximum Gasteiger partial charge on any atom is 0.349 e. The number of ether oxygens (including phenoxy) is 1. The van der Waals surface area contributed by atoms with Crippen molar-refractivity contribution < 1.29 is 18.7 Å². The van der Waals surface area contributed by atoms with Gasteiger partial charge in [-0.15, -0.1) is 0 Å². The summed E-state index contributed by atoms with van der Waals surface area (Å²) in [5.41, 5.74) is 1.78. The minimum absolute atomic E-state index is 0.223. The van der Waals surface area contributed by atoms with Gasteiger partial charge in [-0.2, -0.15) is 5.26 Å². The van der Waals surface area contributed by atoms with Gasteiger partial charge in [-0.05, 0) is 55.0 Å². The van der Waals surface area contributed by atoms with E-state index in [0.29, 0.717) is 11.3 Å². The smallest absolute Gasteiger partial charge is 0.349 e. The molecule has 6 nitrogen and oxygen atoms in total. The molecule has 0 spiro atoms. The van der Waals surface area contributed by atoms with Crippen LogP contribution < -0.4 is 10.2 Å². The van der Waals surface area contributed by atoms with E-state index in [1.807, 2.05) is 31.1 Å². The summed E-state index contributed by atoms with van der Waals surface area (Å²) in [4.78, 5) is 26.3. The van der Waals surface area contributed by atoms with E-state index in [1.165, 1.54) is 37.3 Å². The standard InChI is InChI=1S/C21H20FN3O3/c1-14(20(26)24-18-8-6-17(22)7-9-18)28-21(27)16(13-23)12-15-4-10-19(11-5-15)25(2)3/h4-12,14H,1-3H3,(H,24,26)/b16-12+/t14-/m0/s1. The lowest BCUT2D eigenvalue weighted by atomic mass is 10.1. The number of halogens is 1. The molecule has 28 heavy (non-hydrogen) atoms. The molecular weight excluding hydrogens is 361 g/mol. The van der Waals surface area contributed by atoms with Gasteiger partial charge in [0.25, 0.3) is 5.91 Å². The number of benzene rings is 2. The van der Waals surface area contributed by atoms with Gasteiger partial charge in [-0.25, -0.2) is 9.18 Å². The van der Waals surface area contributed by atoms with Crippen molar-refractivity contribution in [3.05, 3.63) is 65.5 Å². The fourth-order valence-corrected chi connectivity index (χ4v) is 2.23. The van der Waals surface area contributed by atoms with Gasteiger partial charge in [0.15, 0.2) is 6.10 Å². The number of rotatable bonds is 6. The first-order valence-corrected chi connectivity index (χ1v) is 8.46. The van der Waals surface area contributed by atoms with Crippen LogP contribution in [0.1, 0.15) is 12.5 Å². The van der Waals surface area contributed by atoms with Crippen LogP contribution in [0.25, 0.3) is 6.08 Å². The second-order valence-corrected chi connectivity index (χ2v) is 6.20. The molecule has 2 aromatic carbocycles. The highest BCUT2D eigenvalue weighted by Crippen LogP contribution is 2.16. The molecule has 1 N–H and O–H groups in total. The molecule has 0 unspecified atom stereocenters. The number of carbonyl (C=O) groups is 2. The lowest BCUT2D eigenvalue weighted by Crippen LogP contribution is -2.30. The molecule has 144 valence electrons. The van der Waals surface area contributed by atoms with Crippen molar-refractivity contribution in [2.75, 3.05) is 24.3 Å². The number of nitrogens with zero attached hydrogens (tertiary/aromatic N) is 2. The highest BCUT2D eigenvalue weighted by Gasteiger charge is 2.20. The van der Waals surface area contributed by atoms with E-state index in [2.05, 4.69) is 5.32 Å². The van der Waals surface area contributed by atoms with Crippen molar-refractivity contribution in [3.8, 4) is 6.07 Å². The second kappa shape index (κ2) is 9.33. The summed E-state index contributed by atoms with van der Waals surface area (Å²) in [6.07, 6.45) is 0.261. The molecule has 0 aromatic heterocycles. The van der Waals surface area contributed by atoms with Crippen LogP contribution >= 0.6 is 0 Å². The Morgan fingerprint density at radius 2 is 1.75 bits per heavy atom. The minimum Gasteiger partial charge on any atom is -0.448 e. The summed E-state index contributed by atoms with van der Waals surface area (Å²) in [5.74, 6) is -1.92. The average Bonchev–Trinajstić information content (AvgIpc) is 2.68. The van der Waals surface area contributed by atoms with Crippen molar-refractivity contribution >= 4 is 29.3 Å². The summed E-state index contributed by atoms with van der Waals surface area (Å²) in [6, 6.07) is 14.2. The molecule has 2 aromatic rings. The molecule has 2 rings (SSSR count). The van der Waals surface area contributed by atoms with E-state index < -0.39 is 23.8 Å².